The zero-order chi connectivity index (χ0) is 14.6. The summed E-state index contributed by atoms with van der Waals surface area (Å²) < 4.78 is 0.656. The molecule has 1 aromatic rings. The molecular weight excluding hydrogens is 312 g/mol. The fraction of sp³-hybridized carbons (Fsp3) is 0.385. The highest BCUT2D eigenvalue weighted by Gasteiger charge is 2.22. The molecule has 0 saturated carbocycles. The molecule has 19 heavy (non-hydrogen) atoms. The minimum Gasteiger partial charge on any atom is -0.481 e. The predicted octanol–water partition coefficient (Wildman–Crippen LogP) is 2.40. The van der Waals surface area contributed by atoms with Gasteiger partial charge in [0.05, 0.1) is 0 Å². The second-order valence-electron chi connectivity index (χ2n) is 4.97. The number of rotatable bonds is 5. The largest absolute Gasteiger partial charge is 0.481 e. The molecule has 0 aliphatic heterocycles. The highest BCUT2D eigenvalue weighted by molar-refractivity contribution is 9.10. The Morgan fingerprint density at radius 1 is 1.42 bits per heavy atom. The Kier molecular flexibility index (Phi) is 4.94. The van der Waals surface area contributed by atoms with Gasteiger partial charge in [-0.15, -0.1) is 0 Å². The summed E-state index contributed by atoms with van der Waals surface area (Å²) in [6.07, 6.45) is 0.378. The zero-order valence-corrected chi connectivity index (χ0v) is 12.5. The van der Waals surface area contributed by atoms with Crippen molar-refractivity contribution in [3.8, 4) is 0 Å². The minimum atomic E-state index is -0.877. The molecule has 1 rings (SSSR count). The number of halogens is 1. The minimum absolute atomic E-state index is 0.0126. The predicted molar refractivity (Wildman–Crippen MR) is 77.0 cm³/mol. The third kappa shape index (κ3) is 4.90. The lowest BCUT2D eigenvalue weighted by atomic mass is 9.97. The SMILES string of the molecule is CC(C)(CCC(=O)O)NC(=O)c1ccc(N)c(Br)c1. The molecule has 0 atom stereocenters. The van der Waals surface area contributed by atoms with E-state index in [1.807, 2.05) is 0 Å². The first-order valence-corrected chi connectivity index (χ1v) is 6.60. The van der Waals surface area contributed by atoms with Crippen LogP contribution in [0.4, 0.5) is 5.69 Å². The van der Waals surface area contributed by atoms with Gasteiger partial charge in [-0.3, -0.25) is 9.59 Å². The molecule has 104 valence electrons. The van der Waals surface area contributed by atoms with Crippen LogP contribution in [0.15, 0.2) is 22.7 Å². The highest BCUT2D eigenvalue weighted by atomic mass is 79.9. The number of carboxylic acid groups (broad SMARTS) is 1. The van der Waals surface area contributed by atoms with Crippen molar-refractivity contribution in [1.82, 2.24) is 5.32 Å². The van der Waals surface area contributed by atoms with Crippen molar-refractivity contribution in [2.24, 2.45) is 0 Å². The van der Waals surface area contributed by atoms with Gasteiger partial charge in [-0.05, 0) is 54.4 Å². The van der Waals surface area contributed by atoms with Crippen molar-refractivity contribution in [1.29, 1.82) is 0 Å². The van der Waals surface area contributed by atoms with Crippen LogP contribution in [0.3, 0.4) is 0 Å². The van der Waals surface area contributed by atoms with E-state index in [-0.39, 0.29) is 12.3 Å². The number of carboxylic acids is 1. The molecule has 6 heteroatoms. The molecule has 4 N–H and O–H groups in total. The maximum atomic E-state index is 12.0. The van der Waals surface area contributed by atoms with Crippen molar-refractivity contribution < 1.29 is 14.7 Å². The summed E-state index contributed by atoms with van der Waals surface area (Å²) in [7, 11) is 0. The number of nitrogens with two attached hydrogens (primary N) is 1. The van der Waals surface area contributed by atoms with Crippen LogP contribution in [0.5, 0.6) is 0 Å². The first-order valence-electron chi connectivity index (χ1n) is 5.80. The molecule has 0 fully saturated rings. The molecule has 1 amide bonds. The average Bonchev–Trinajstić information content (AvgIpc) is 2.29. The van der Waals surface area contributed by atoms with E-state index in [1.165, 1.54) is 0 Å². The molecule has 0 aromatic heterocycles. The van der Waals surface area contributed by atoms with Gasteiger partial charge in [0.15, 0.2) is 0 Å². The quantitative estimate of drug-likeness (QED) is 0.723. The Hall–Kier alpha value is -1.56. The lowest BCUT2D eigenvalue weighted by molar-refractivity contribution is -0.137. The van der Waals surface area contributed by atoms with Gasteiger partial charge >= 0.3 is 5.97 Å². The van der Waals surface area contributed by atoms with E-state index in [0.29, 0.717) is 22.1 Å². The van der Waals surface area contributed by atoms with Gasteiger partial charge in [0.1, 0.15) is 0 Å². The normalized spacial score (nSPS) is 11.1. The van der Waals surface area contributed by atoms with Crippen molar-refractivity contribution >= 4 is 33.5 Å². The number of nitrogen functional groups attached to an aromatic ring is 1. The molecule has 0 radical (unpaired) electrons. The van der Waals surface area contributed by atoms with E-state index in [0.717, 1.165) is 0 Å². The number of carbonyl (C=O) groups excluding carboxylic acids is 1. The van der Waals surface area contributed by atoms with E-state index in [2.05, 4.69) is 21.2 Å². The summed E-state index contributed by atoms with van der Waals surface area (Å²) in [5, 5.41) is 11.5. The van der Waals surface area contributed by atoms with Crippen LogP contribution in [0.1, 0.15) is 37.0 Å². The molecule has 0 saturated heterocycles. The lowest BCUT2D eigenvalue weighted by Crippen LogP contribution is -2.43. The summed E-state index contributed by atoms with van der Waals surface area (Å²) in [5.74, 6) is -1.13. The van der Waals surface area contributed by atoms with Crippen LogP contribution in [0.25, 0.3) is 0 Å². The smallest absolute Gasteiger partial charge is 0.303 e. The molecule has 0 unspecified atom stereocenters. The summed E-state index contributed by atoms with van der Waals surface area (Å²) in [5.41, 5.74) is 6.11. The van der Waals surface area contributed by atoms with Gasteiger partial charge in [-0.25, -0.2) is 0 Å². The third-order valence-electron chi connectivity index (χ3n) is 2.68. The Morgan fingerprint density at radius 2 is 2.05 bits per heavy atom. The molecule has 0 aliphatic rings. The van der Waals surface area contributed by atoms with Crippen LogP contribution in [-0.2, 0) is 4.79 Å². The van der Waals surface area contributed by atoms with E-state index in [4.69, 9.17) is 10.8 Å². The van der Waals surface area contributed by atoms with Crippen molar-refractivity contribution in [3.63, 3.8) is 0 Å². The monoisotopic (exact) mass is 328 g/mol. The van der Waals surface area contributed by atoms with Crippen LogP contribution in [-0.4, -0.2) is 22.5 Å². The van der Waals surface area contributed by atoms with Gasteiger partial charge in [-0.2, -0.15) is 0 Å². The zero-order valence-electron chi connectivity index (χ0n) is 10.9. The first kappa shape index (κ1) is 15.5. The number of aliphatic carboxylic acids is 1. The Bertz CT molecular complexity index is 501. The second-order valence-corrected chi connectivity index (χ2v) is 5.82. The number of amides is 1. The molecule has 0 aliphatic carbocycles. The number of hydrogen-bond donors (Lipinski definition) is 3. The van der Waals surface area contributed by atoms with Crippen LogP contribution < -0.4 is 11.1 Å². The van der Waals surface area contributed by atoms with Crippen LogP contribution in [0, 0.1) is 0 Å². The molecule has 1 aromatic carbocycles. The molecular formula is C13H17BrN2O3. The number of nitrogens with one attached hydrogen (secondary N) is 1. The summed E-state index contributed by atoms with van der Waals surface area (Å²) in [4.78, 5) is 22.6. The van der Waals surface area contributed by atoms with Crippen molar-refractivity contribution in [2.45, 2.75) is 32.2 Å². The third-order valence-corrected chi connectivity index (χ3v) is 3.37. The van der Waals surface area contributed by atoms with Crippen LogP contribution >= 0.6 is 15.9 Å². The standard InChI is InChI=1S/C13H17BrN2O3/c1-13(2,6-5-11(17)18)16-12(19)8-3-4-10(15)9(14)7-8/h3-4,7H,5-6,15H2,1-2H3,(H,16,19)(H,17,18). The van der Waals surface area contributed by atoms with E-state index in [9.17, 15) is 9.59 Å². The Balaban J connectivity index is 2.72. The summed E-state index contributed by atoms with van der Waals surface area (Å²) in [6, 6.07) is 4.91. The Morgan fingerprint density at radius 3 is 2.58 bits per heavy atom. The number of hydrogen-bond acceptors (Lipinski definition) is 3. The van der Waals surface area contributed by atoms with Crippen molar-refractivity contribution in [2.75, 3.05) is 5.73 Å². The maximum absolute atomic E-state index is 12.0. The maximum Gasteiger partial charge on any atom is 0.303 e. The lowest BCUT2D eigenvalue weighted by Gasteiger charge is -2.25. The molecule has 0 spiro atoms. The van der Waals surface area contributed by atoms with Gasteiger partial charge in [-0.1, -0.05) is 0 Å². The molecule has 0 heterocycles. The summed E-state index contributed by atoms with van der Waals surface area (Å²) >= 11 is 3.26. The first-order chi connectivity index (χ1) is 8.71. The summed E-state index contributed by atoms with van der Waals surface area (Å²) in [6.45, 7) is 3.58. The Labute approximate surface area is 120 Å². The van der Waals surface area contributed by atoms with Gasteiger partial charge < -0.3 is 16.2 Å². The number of benzene rings is 1. The van der Waals surface area contributed by atoms with Gasteiger partial charge in [0.25, 0.3) is 5.91 Å². The van der Waals surface area contributed by atoms with E-state index < -0.39 is 11.5 Å². The average molecular weight is 329 g/mol. The van der Waals surface area contributed by atoms with E-state index in [1.54, 1.807) is 32.0 Å². The highest BCUT2D eigenvalue weighted by Crippen LogP contribution is 2.21. The van der Waals surface area contributed by atoms with Gasteiger partial charge in [0.2, 0.25) is 0 Å². The van der Waals surface area contributed by atoms with Crippen molar-refractivity contribution in [3.05, 3.63) is 28.2 Å². The number of anilines is 1. The fourth-order valence-electron chi connectivity index (χ4n) is 1.53. The number of carbonyl (C=O) groups is 2. The van der Waals surface area contributed by atoms with Gasteiger partial charge in [0, 0.05) is 27.7 Å². The molecule has 0 bridgehead atoms. The van der Waals surface area contributed by atoms with Crippen LogP contribution in [0.2, 0.25) is 0 Å². The second kappa shape index (κ2) is 6.06. The molecule has 5 nitrogen and oxygen atoms in total. The topological polar surface area (TPSA) is 92.4 Å². The van der Waals surface area contributed by atoms with E-state index >= 15 is 0 Å². The fourth-order valence-corrected chi connectivity index (χ4v) is 1.91.